The number of carboxylic acids is 1. The predicted octanol–water partition coefficient (Wildman–Crippen LogP) is 8.07. The van der Waals surface area contributed by atoms with Gasteiger partial charge in [-0.15, -0.1) is 0 Å². The lowest BCUT2D eigenvalue weighted by atomic mass is 10.1. The molecule has 1 N–H and O–H groups in total. The summed E-state index contributed by atoms with van der Waals surface area (Å²) in [4.78, 5) is 12.4. The molecule has 0 heterocycles. The summed E-state index contributed by atoms with van der Waals surface area (Å²) in [7, 11) is 0. The largest absolute Gasteiger partial charge is 0.481 e. The van der Waals surface area contributed by atoms with E-state index in [-0.39, 0.29) is 0 Å². The van der Waals surface area contributed by atoms with Gasteiger partial charge >= 0.3 is 5.97 Å². The fourth-order valence-corrected chi connectivity index (χ4v) is 3.47. The molecule has 0 rings (SSSR count). The monoisotopic (exact) mass is 399 g/mol. The third-order valence-electron chi connectivity index (χ3n) is 5.15. The van der Waals surface area contributed by atoms with Crippen molar-refractivity contribution in [3.63, 3.8) is 0 Å². The minimum Gasteiger partial charge on any atom is -0.481 e. The van der Waals surface area contributed by atoms with Crippen LogP contribution in [-0.4, -0.2) is 35.6 Å². The second-order valence-electron chi connectivity index (χ2n) is 8.23. The molecule has 0 radical (unpaired) electrons. The maximum Gasteiger partial charge on any atom is 0.303 e. The number of hydrogen-bond donors (Lipinski definition) is 1. The molecule has 0 aliphatic rings. The first-order valence-corrected chi connectivity index (χ1v) is 12.6. The average Bonchev–Trinajstić information content (AvgIpc) is 2.68. The molecule has 0 unspecified atom stereocenters. The average molecular weight is 400 g/mol. The van der Waals surface area contributed by atoms with Crippen LogP contribution < -0.4 is 0 Å². The summed E-state index contributed by atoms with van der Waals surface area (Å²) in [5.74, 6) is -0.693. The van der Waals surface area contributed by atoms with Gasteiger partial charge in [0, 0.05) is 6.42 Å². The Labute approximate surface area is 177 Å². The van der Waals surface area contributed by atoms with Crippen molar-refractivity contribution in [2.24, 2.45) is 0 Å². The third-order valence-corrected chi connectivity index (χ3v) is 5.15. The van der Waals surface area contributed by atoms with Gasteiger partial charge in [0.15, 0.2) is 0 Å². The Morgan fingerprint density at radius 3 is 1.25 bits per heavy atom. The molecule has 0 aromatic rings. The minimum absolute atomic E-state index is 0.316. The van der Waals surface area contributed by atoms with Crippen molar-refractivity contribution in [3.8, 4) is 0 Å². The Morgan fingerprint density at radius 1 is 0.536 bits per heavy atom. The molecule has 0 aliphatic carbocycles. The lowest BCUT2D eigenvalue weighted by molar-refractivity contribution is -0.137. The van der Waals surface area contributed by atoms with Crippen molar-refractivity contribution < 1.29 is 9.90 Å². The number of hydrogen-bond acceptors (Lipinski definition) is 2. The summed E-state index contributed by atoms with van der Waals surface area (Å²) in [6.45, 7) is 12.8. The molecule has 28 heavy (non-hydrogen) atoms. The van der Waals surface area contributed by atoms with Gasteiger partial charge in [-0.2, -0.15) is 0 Å². The first kappa shape index (κ1) is 29.6. The SMILES string of the molecule is CCCCC(=O)O.CCCCCCCCCCCCCCN(CCC)CCC. The maximum atomic E-state index is 9.76. The molecule has 0 saturated carbocycles. The van der Waals surface area contributed by atoms with Crippen molar-refractivity contribution >= 4 is 5.97 Å². The number of aliphatic carboxylic acids is 1. The second kappa shape index (κ2) is 26.4. The van der Waals surface area contributed by atoms with E-state index < -0.39 is 5.97 Å². The number of carboxylic acid groups (broad SMARTS) is 1. The second-order valence-corrected chi connectivity index (χ2v) is 8.23. The molecule has 170 valence electrons. The normalized spacial score (nSPS) is 10.8. The highest BCUT2D eigenvalue weighted by molar-refractivity contribution is 5.66. The standard InChI is InChI=1S/C20H43N.C5H10O2/c1-4-7-8-9-10-11-12-13-14-15-16-17-20-21(18-5-2)19-6-3;1-2-3-4-5(6)7/h4-20H2,1-3H3;2-4H2,1H3,(H,6,7). The van der Waals surface area contributed by atoms with Crippen LogP contribution in [0.3, 0.4) is 0 Å². The maximum absolute atomic E-state index is 9.76. The first-order valence-electron chi connectivity index (χ1n) is 12.6. The fourth-order valence-electron chi connectivity index (χ4n) is 3.47. The minimum atomic E-state index is -0.693. The van der Waals surface area contributed by atoms with Gasteiger partial charge in [-0.3, -0.25) is 4.79 Å². The Bertz CT molecular complexity index is 288. The molecule has 0 spiro atoms. The Hall–Kier alpha value is -0.570. The quantitative estimate of drug-likeness (QED) is 0.210. The highest BCUT2D eigenvalue weighted by Gasteiger charge is 2.01. The topological polar surface area (TPSA) is 40.5 Å². The van der Waals surface area contributed by atoms with Gasteiger partial charge in [-0.25, -0.2) is 0 Å². The van der Waals surface area contributed by atoms with Crippen LogP contribution in [0.4, 0.5) is 0 Å². The fraction of sp³-hybridized carbons (Fsp3) is 0.960. The van der Waals surface area contributed by atoms with Gasteiger partial charge in [0.25, 0.3) is 0 Å². The van der Waals surface area contributed by atoms with E-state index in [2.05, 4.69) is 25.7 Å². The molecule has 0 atom stereocenters. The molecule has 0 aliphatic heterocycles. The van der Waals surface area contributed by atoms with Crippen LogP contribution in [0.5, 0.6) is 0 Å². The molecule has 0 fully saturated rings. The van der Waals surface area contributed by atoms with Crippen LogP contribution in [0, 0.1) is 0 Å². The Morgan fingerprint density at radius 2 is 0.929 bits per heavy atom. The first-order chi connectivity index (χ1) is 13.6. The van der Waals surface area contributed by atoms with Crippen molar-refractivity contribution in [1.82, 2.24) is 4.90 Å². The van der Waals surface area contributed by atoms with Crippen LogP contribution in [0.25, 0.3) is 0 Å². The summed E-state index contributed by atoms with van der Waals surface area (Å²) >= 11 is 0. The Balaban J connectivity index is 0. The number of rotatable bonds is 20. The van der Waals surface area contributed by atoms with E-state index in [4.69, 9.17) is 5.11 Å². The molecular formula is C25H53NO2. The van der Waals surface area contributed by atoms with Gasteiger partial charge < -0.3 is 10.0 Å². The van der Waals surface area contributed by atoms with Gasteiger partial charge in [0.05, 0.1) is 0 Å². The third kappa shape index (κ3) is 27.6. The Kier molecular flexibility index (Phi) is 28.0. The van der Waals surface area contributed by atoms with Gasteiger partial charge in [0.2, 0.25) is 0 Å². The summed E-state index contributed by atoms with van der Waals surface area (Å²) in [5, 5.41) is 8.04. The summed E-state index contributed by atoms with van der Waals surface area (Å²) in [6.07, 6.45) is 22.1. The van der Waals surface area contributed by atoms with Crippen molar-refractivity contribution in [3.05, 3.63) is 0 Å². The zero-order valence-corrected chi connectivity index (χ0v) is 19.9. The van der Waals surface area contributed by atoms with Gasteiger partial charge in [-0.1, -0.05) is 105 Å². The van der Waals surface area contributed by atoms with Crippen LogP contribution in [0.1, 0.15) is 137 Å². The molecule has 0 saturated heterocycles. The molecular weight excluding hydrogens is 346 g/mol. The smallest absolute Gasteiger partial charge is 0.303 e. The van der Waals surface area contributed by atoms with E-state index in [9.17, 15) is 4.79 Å². The van der Waals surface area contributed by atoms with Crippen LogP contribution in [0.2, 0.25) is 0 Å². The lowest BCUT2D eigenvalue weighted by Crippen LogP contribution is -2.26. The van der Waals surface area contributed by atoms with E-state index in [1.807, 2.05) is 6.92 Å². The molecule has 0 aromatic carbocycles. The molecule has 0 amide bonds. The van der Waals surface area contributed by atoms with Crippen LogP contribution in [0.15, 0.2) is 0 Å². The van der Waals surface area contributed by atoms with Gasteiger partial charge in [-0.05, 0) is 45.3 Å². The van der Waals surface area contributed by atoms with E-state index in [1.54, 1.807) is 0 Å². The summed E-state index contributed by atoms with van der Waals surface area (Å²) in [5.41, 5.74) is 0. The highest BCUT2D eigenvalue weighted by atomic mass is 16.4. The van der Waals surface area contributed by atoms with E-state index >= 15 is 0 Å². The summed E-state index contributed by atoms with van der Waals surface area (Å²) < 4.78 is 0. The zero-order chi connectivity index (χ0) is 21.3. The number of nitrogens with zero attached hydrogens (tertiary/aromatic N) is 1. The molecule has 3 heteroatoms. The molecule has 0 aromatic heterocycles. The predicted molar refractivity (Wildman–Crippen MR) is 125 cm³/mol. The zero-order valence-electron chi connectivity index (χ0n) is 19.9. The van der Waals surface area contributed by atoms with Gasteiger partial charge in [0.1, 0.15) is 0 Å². The van der Waals surface area contributed by atoms with Crippen LogP contribution in [-0.2, 0) is 4.79 Å². The van der Waals surface area contributed by atoms with E-state index in [0.29, 0.717) is 6.42 Å². The van der Waals surface area contributed by atoms with E-state index in [0.717, 1.165) is 12.8 Å². The van der Waals surface area contributed by atoms with E-state index in [1.165, 1.54) is 110 Å². The number of unbranched alkanes of at least 4 members (excludes halogenated alkanes) is 12. The van der Waals surface area contributed by atoms with Crippen molar-refractivity contribution in [1.29, 1.82) is 0 Å². The number of carbonyl (C=O) groups is 1. The molecule has 3 nitrogen and oxygen atoms in total. The lowest BCUT2D eigenvalue weighted by Gasteiger charge is -2.20. The highest BCUT2D eigenvalue weighted by Crippen LogP contribution is 2.12. The van der Waals surface area contributed by atoms with Crippen LogP contribution >= 0.6 is 0 Å². The summed E-state index contributed by atoms with van der Waals surface area (Å²) in [6, 6.07) is 0. The van der Waals surface area contributed by atoms with Crippen molar-refractivity contribution in [2.75, 3.05) is 19.6 Å². The van der Waals surface area contributed by atoms with Crippen molar-refractivity contribution in [2.45, 2.75) is 137 Å². The molecule has 0 bridgehead atoms.